The monoisotopic (exact) mass is 483 g/mol. The van der Waals surface area contributed by atoms with Gasteiger partial charge < -0.3 is 9.47 Å². The van der Waals surface area contributed by atoms with Crippen molar-refractivity contribution in [1.29, 1.82) is 0 Å². The van der Waals surface area contributed by atoms with Crippen LogP contribution in [-0.2, 0) is 39.1 Å². The number of esters is 2. The summed E-state index contributed by atoms with van der Waals surface area (Å²) < 4.78 is 142. The van der Waals surface area contributed by atoms with Crippen molar-refractivity contribution < 1.29 is 66.6 Å². The molecule has 0 radical (unpaired) electrons. The van der Waals surface area contributed by atoms with Crippen LogP contribution >= 0.6 is 0 Å². The molecule has 0 saturated carbocycles. The highest BCUT2D eigenvalue weighted by Crippen LogP contribution is 2.41. The second-order valence-electron chi connectivity index (χ2n) is 4.76. The molecule has 0 unspecified atom stereocenters. The Hall–Kier alpha value is -1.95. The van der Waals surface area contributed by atoms with Gasteiger partial charge in [0.15, 0.2) is 0 Å². The largest absolute Gasteiger partial charge is 0.512 e. The summed E-state index contributed by atoms with van der Waals surface area (Å²) in [6.45, 7) is -0.239. The SMILES string of the molecule is CCOC(=O)/C=C\C(=O)OCCC(F)(F)C(F)(F)S(=O)(=O)NS(=O)(=O)C(F)(F)F. The van der Waals surface area contributed by atoms with Gasteiger partial charge in [-0.1, -0.05) is 4.13 Å². The molecule has 0 aliphatic rings. The third-order valence-electron chi connectivity index (χ3n) is 2.59. The second-order valence-corrected chi connectivity index (χ2v) is 8.42. The zero-order valence-corrected chi connectivity index (χ0v) is 15.6. The maximum atomic E-state index is 13.5. The van der Waals surface area contributed by atoms with Crippen LogP contribution in [0.5, 0.6) is 0 Å². The van der Waals surface area contributed by atoms with Crippen LogP contribution in [0.15, 0.2) is 12.2 Å². The molecule has 0 aliphatic carbocycles. The van der Waals surface area contributed by atoms with E-state index in [9.17, 15) is 57.2 Å². The minimum atomic E-state index is -7.09. The maximum absolute atomic E-state index is 13.5. The number of carbonyl (C=O) groups is 2. The van der Waals surface area contributed by atoms with Gasteiger partial charge in [-0.2, -0.15) is 30.7 Å². The number of halogens is 7. The molecule has 0 spiro atoms. The lowest BCUT2D eigenvalue weighted by atomic mass is 10.2. The first kappa shape index (κ1) is 27.0. The standard InChI is InChI=1S/C11H12F7NO8S2/c1-2-26-7(20)3-4-8(21)27-6-5-9(12,13)10(14,15)28(22,23)19-29(24,25)11(16,17)18/h3-4,19H,2,5-6H2,1H3/b4-3-. The molecule has 0 saturated heterocycles. The summed E-state index contributed by atoms with van der Waals surface area (Å²) >= 11 is 0. The summed E-state index contributed by atoms with van der Waals surface area (Å²) in [4.78, 5) is 22.0. The lowest BCUT2D eigenvalue weighted by molar-refractivity contribution is -0.171. The van der Waals surface area contributed by atoms with Gasteiger partial charge in [-0.3, -0.25) is 0 Å². The normalized spacial score (nSPS) is 14.1. The van der Waals surface area contributed by atoms with E-state index in [1.54, 1.807) is 0 Å². The summed E-state index contributed by atoms with van der Waals surface area (Å²) in [5.74, 6) is -8.20. The molecule has 0 aromatic heterocycles. The maximum Gasteiger partial charge on any atom is 0.512 e. The van der Waals surface area contributed by atoms with E-state index >= 15 is 0 Å². The number of hydrogen-bond donors (Lipinski definition) is 1. The van der Waals surface area contributed by atoms with Gasteiger partial charge in [0, 0.05) is 12.2 Å². The van der Waals surface area contributed by atoms with E-state index in [1.807, 2.05) is 0 Å². The Labute approximate surface area is 158 Å². The van der Waals surface area contributed by atoms with E-state index in [1.165, 1.54) is 6.92 Å². The van der Waals surface area contributed by atoms with Gasteiger partial charge in [-0.15, -0.1) is 0 Å². The molecule has 0 bridgehead atoms. The number of rotatable bonds is 10. The Balaban J connectivity index is 5.19. The highest BCUT2D eigenvalue weighted by atomic mass is 32.3. The van der Waals surface area contributed by atoms with Crippen LogP contribution in [0.3, 0.4) is 0 Å². The van der Waals surface area contributed by atoms with E-state index in [0.717, 1.165) is 0 Å². The average Bonchev–Trinajstić information content (AvgIpc) is 2.50. The van der Waals surface area contributed by atoms with Gasteiger partial charge >= 0.3 is 38.6 Å². The van der Waals surface area contributed by atoms with Crippen molar-refractivity contribution in [3.8, 4) is 0 Å². The minimum Gasteiger partial charge on any atom is -0.463 e. The van der Waals surface area contributed by atoms with Gasteiger partial charge in [0.2, 0.25) is 0 Å². The molecule has 0 aromatic rings. The Morgan fingerprint density at radius 1 is 0.862 bits per heavy atom. The number of carbonyl (C=O) groups excluding carboxylic acids is 2. The van der Waals surface area contributed by atoms with Gasteiger partial charge in [0.25, 0.3) is 10.0 Å². The summed E-state index contributed by atoms with van der Waals surface area (Å²) in [5.41, 5.74) is -6.38. The Morgan fingerprint density at radius 2 is 1.31 bits per heavy atom. The lowest BCUT2D eigenvalue weighted by Crippen LogP contribution is -2.55. The summed E-state index contributed by atoms with van der Waals surface area (Å²) in [6.07, 6.45) is -1.37. The Morgan fingerprint density at radius 3 is 1.72 bits per heavy atom. The minimum absolute atomic E-state index is 0.0773. The van der Waals surface area contributed by atoms with Crippen molar-refractivity contribution in [2.24, 2.45) is 0 Å². The van der Waals surface area contributed by atoms with Crippen molar-refractivity contribution in [3.05, 3.63) is 12.2 Å². The zero-order valence-electron chi connectivity index (χ0n) is 14.0. The zero-order chi connectivity index (χ0) is 23.3. The summed E-state index contributed by atoms with van der Waals surface area (Å²) in [7, 11) is -14.0. The first-order chi connectivity index (χ1) is 12.8. The Kier molecular flexibility index (Phi) is 8.62. The van der Waals surface area contributed by atoms with Crippen LogP contribution in [-0.4, -0.2) is 58.7 Å². The van der Waals surface area contributed by atoms with Gasteiger partial charge in [0.1, 0.15) is 0 Å². The van der Waals surface area contributed by atoms with Crippen LogP contribution < -0.4 is 4.13 Å². The highest BCUT2D eigenvalue weighted by molar-refractivity contribution is 8.05. The lowest BCUT2D eigenvalue weighted by Gasteiger charge is -2.26. The van der Waals surface area contributed by atoms with Crippen LogP contribution in [0.25, 0.3) is 0 Å². The molecule has 170 valence electrons. The van der Waals surface area contributed by atoms with Crippen LogP contribution in [0.1, 0.15) is 13.3 Å². The molecule has 0 amide bonds. The summed E-state index contributed by atoms with van der Waals surface area (Å²) in [6, 6.07) is 0. The molecule has 18 heteroatoms. The molecule has 29 heavy (non-hydrogen) atoms. The quantitative estimate of drug-likeness (QED) is 0.277. The molecule has 0 aliphatic heterocycles. The third kappa shape index (κ3) is 7.11. The number of alkyl halides is 7. The summed E-state index contributed by atoms with van der Waals surface area (Å²) in [5, 5.41) is -6.34. The van der Waals surface area contributed by atoms with Crippen LogP contribution in [0.4, 0.5) is 30.7 Å². The molecule has 0 atom stereocenters. The van der Waals surface area contributed by atoms with Crippen molar-refractivity contribution in [2.45, 2.75) is 30.0 Å². The van der Waals surface area contributed by atoms with E-state index in [0.29, 0.717) is 12.2 Å². The highest BCUT2D eigenvalue weighted by Gasteiger charge is 2.67. The number of nitrogens with one attached hydrogen (secondary N) is 1. The third-order valence-corrected chi connectivity index (χ3v) is 5.93. The molecule has 9 nitrogen and oxygen atoms in total. The molecule has 1 N–H and O–H groups in total. The Bertz CT molecular complexity index is 849. The van der Waals surface area contributed by atoms with Crippen molar-refractivity contribution in [1.82, 2.24) is 4.13 Å². The van der Waals surface area contributed by atoms with Gasteiger partial charge in [0.05, 0.1) is 19.6 Å². The fourth-order valence-electron chi connectivity index (χ4n) is 1.24. The molecule has 0 rings (SSSR count). The van der Waals surface area contributed by atoms with Crippen molar-refractivity contribution in [2.75, 3.05) is 13.2 Å². The number of ether oxygens (including phenoxy) is 2. The van der Waals surface area contributed by atoms with Crippen LogP contribution in [0.2, 0.25) is 0 Å². The first-order valence-electron chi connectivity index (χ1n) is 6.92. The first-order valence-corrected chi connectivity index (χ1v) is 9.89. The van der Waals surface area contributed by atoms with E-state index in [4.69, 9.17) is 0 Å². The van der Waals surface area contributed by atoms with Crippen LogP contribution in [0, 0.1) is 0 Å². The fourth-order valence-corrected chi connectivity index (χ4v) is 3.69. The molecular weight excluding hydrogens is 471 g/mol. The van der Waals surface area contributed by atoms with Gasteiger partial charge in [-0.25, -0.2) is 26.4 Å². The smallest absolute Gasteiger partial charge is 0.463 e. The molecular formula is C11H12F7NO8S2. The topological polar surface area (TPSA) is 133 Å². The second kappa shape index (κ2) is 9.24. The molecule has 0 fully saturated rings. The van der Waals surface area contributed by atoms with Gasteiger partial charge in [-0.05, 0) is 6.92 Å². The number of hydrogen-bond acceptors (Lipinski definition) is 8. The number of sulfonamides is 2. The van der Waals surface area contributed by atoms with Crippen molar-refractivity contribution in [3.63, 3.8) is 0 Å². The molecule has 0 heterocycles. The van der Waals surface area contributed by atoms with Crippen molar-refractivity contribution >= 4 is 32.0 Å². The van der Waals surface area contributed by atoms with E-state index in [-0.39, 0.29) is 6.61 Å². The predicted octanol–water partition coefficient (Wildman–Crippen LogP) is 1.04. The predicted molar refractivity (Wildman–Crippen MR) is 78.3 cm³/mol. The molecule has 0 aromatic carbocycles. The average molecular weight is 483 g/mol. The van der Waals surface area contributed by atoms with E-state index in [2.05, 4.69) is 9.47 Å². The fraction of sp³-hybridized carbons (Fsp3) is 0.636. The van der Waals surface area contributed by atoms with E-state index < -0.39 is 65.8 Å².